The van der Waals surface area contributed by atoms with Crippen LogP contribution in [0.5, 0.6) is 0 Å². The van der Waals surface area contributed by atoms with Gasteiger partial charge in [-0.1, -0.05) is 317 Å². The molecule has 0 amide bonds. The van der Waals surface area contributed by atoms with Crippen molar-refractivity contribution in [2.24, 2.45) is 5.92 Å². The minimum absolute atomic E-state index is 0.0613. The molecule has 0 aliphatic heterocycles. The Kier molecular flexibility index (Phi) is 55.0. The second-order valence-electron chi connectivity index (χ2n) is 21.8. The van der Waals surface area contributed by atoms with Crippen LogP contribution >= 0.6 is 0 Å². The zero-order valence-electron chi connectivity index (χ0n) is 46.6. The standard InChI is InChI=1S/C62H120O6/c1-5-7-9-11-13-15-17-19-25-30-34-38-42-46-50-54-61(64)67-57-59(56-66-60(63)53-49-45-41-37-33-29-20-18-16-14-12-10-8-6-2)68-62(65)55-51-47-43-39-35-31-27-24-22-21-23-26-28-32-36-40-44-48-52-58(3)4/h58-59H,5-57H2,1-4H3/t59-/m1/s1. The molecule has 0 unspecified atom stereocenters. The van der Waals surface area contributed by atoms with E-state index in [0.717, 1.165) is 63.7 Å². The predicted molar refractivity (Wildman–Crippen MR) is 293 cm³/mol. The third-order valence-electron chi connectivity index (χ3n) is 14.3. The maximum Gasteiger partial charge on any atom is 0.306 e. The Morgan fingerprint density at radius 3 is 0.721 bits per heavy atom. The Labute approximate surface area is 425 Å². The number of esters is 3. The molecule has 0 aromatic carbocycles. The van der Waals surface area contributed by atoms with Gasteiger partial charge in [0.2, 0.25) is 0 Å². The molecule has 6 heteroatoms. The molecule has 0 aliphatic rings. The van der Waals surface area contributed by atoms with Crippen molar-refractivity contribution in [3.8, 4) is 0 Å². The molecule has 0 aromatic heterocycles. The summed E-state index contributed by atoms with van der Waals surface area (Å²) in [5.74, 6) is 0.0286. The first-order chi connectivity index (χ1) is 33.4. The van der Waals surface area contributed by atoms with E-state index in [1.165, 1.54) is 250 Å². The SMILES string of the molecule is CCCCCCCCCCCCCCCCCC(=O)OC[C@@H](COC(=O)CCCCCCCCCCCCCCCC)OC(=O)CCCCCCCCCCCCCCCCCCCCC(C)C. The second kappa shape index (κ2) is 56.3. The van der Waals surface area contributed by atoms with E-state index in [9.17, 15) is 14.4 Å². The van der Waals surface area contributed by atoms with Crippen LogP contribution in [0.3, 0.4) is 0 Å². The van der Waals surface area contributed by atoms with Gasteiger partial charge in [-0.05, 0) is 25.2 Å². The number of carbonyl (C=O) groups is 3. The summed E-state index contributed by atoms with van der Waals surface area (Å²) >= 11 is 0. The molecule has 6 nitrogen and oxygen atoms in total. The van der Waals surface area contributed by atoms with Gasteiger partial charge in [0.05, 0.1) is 0 Å². The third kappa shape index (κ3) is 55.3. The fourth-order valence-electron chi connectivity index (χ4n) is 9.63. The van der Waals surface area contributed by atoms with Crippen LogP contribution in [0.15, 0.2) is 0 Å². The molecule has 68 heavy (non-hydrogen) atoms. The van der Waals surface area contributed by atoms with Gasteiger partial charge in [0.1, 0.15) is 13.2 Å². The Hall–Kier alpha value is -1.59. The molecule has 0 saturated carbocycles. The quantitative estimate of drug-likeness (QED) is 0.0343. The summed E-state index contributed by atoms with van der Waals surface area (Å²) in [6.45, 7) is 9.09. The summed E-state index contributed by atoms with van der Waals surface area (Å²) < 4.78 is 16.9. The summed E-state index contributed by atoms with van der Waals surface area (Å²) in [6.07, 6.45) is 62.4. The van der Waals surface area contributed by atoms with Crippen LogP contribution in [0.4, 0.5) is 0 Å². The maximum atomic E-state index is 12.9. The highest BCUT2D eigenvalue weighted by Crippen LogP contribution is 2.18. The molecule has 0 spiro atoms. The Bertz CT molecular complexity index is 1030. The number of unbranched alkanes of at least 4 members (excludes halogenated alkanes) is 44. The second-order valence-corrected chi connectivity index (χ2v) is 21.8. The molecule has 0 N–H and O–H groups in total. The fraction of sp³-hybridized carbons (Fsp3) is 0.952. The number of hydrogen-bond acceptors (Lipinski definition) is 6. The highest BCUT2D eigenvalue weighted by atomic mass is 16.6. The van der Waals surface area contributed by atoms with Crippen molar-refractivity contribution in [3.05, 3.63) is 0 Å². The first kappa shape index (κ1) is 66.4. The van der Waals surface area contributed by atoms with Crippen molar-refractivity contribution in [1.82, 2.24) is 0 Å². The number of hydrogen-bond donors (Lipinski definition) is 0. The van der Waals surface area contributed by atoms with Crippen molar-refractivity contribution in [3.63, 3.8) is 0 Å². The fourth-order valence-corrected chi connectivity index (χ4v) is 9.63. The molecule has 0 bridgehead atoms. The average molecular weight is 962 g/mol. The van der Waals surface area contributed by atoms with Gasteiger partial charge >= 0.3 is 17.9 Å². The Morgan fingerprint density at radius 2 is 0.485 bits per heavy atom. The number of carbonyl (C=O) groups excluding carboxylic acids is 3. The monoisotopic (exact) mass is 961 g/mol. The zero-order chi connectivity index (χ0) is 49.5. The van der Waals surface area contributed by atoms with E-state index in [1.54, 1.807) is 0 Å². The molecule has 0 heterocycles. The van der Waals surface area contributed by atoms with Crippen LogP contribution < -0.4 is 0 Å². The Morgan fingerprint density at radius 1 is 0.279 bits per heavy atom. The number of ether oxygens (including phenoxy) is 3. The van der Waals surface area contributed by atoms with Gasteiger partial charge in [0.15, 0.2) is 6.10 Å². The smallest absolute Gasteiger partial charge is 0.306 e. The van der Waals surface area contributed by atoms with Crippen molar-refractivity contribution in [1.29, 1.82) is 0 Å². The Balaban J connectivity index is 4.26. The minimum Gasteiger partial charge on any atom is -0.462 e. The number of rotatable bonds is 57. The van der Waals surface area contributed by atoms with Crippen molar-refractivity contribution in [2.75, 3.05) is 13.2 Å². The zero-order valence-corrected chi connectivity index (χ0v) is 46.6. The summed E-state index contributed by atoms with van der Waals surface area (Å²) in [5.41, 5.74) is 0. The van der Waals surface area contributed by atoms with Gasteiger partial charge in [-0.15, -0.1) is 0 Å². The van der Waals surface area contributed by atoms with Gasteiger partial charge in [-0.25, -0.2) is 0 Å². The highest BCUT2D eigenvalue weighted by molar-refractivity contribution is 5.71. The van der Waals surface area contributed by atoms with Crippen LogP contribution in [0.2, 0.25) is 0 Å². The first-order valence-corrected chi connectivity index (χ1v) is 30.9. The highest BCUT2D eigenvalue weighted by Gasteiger charge is 2.19. The normalized spacial score (nSPS) is 12.0. The summed E-state index contributed by atoms with van der Waals surface area (Å²) in [4.78, 5) is 38.2. The summed E-state index contributed by atoms with van der Waals surface area (Å²) in [5, 5.41) is 0. The minimum atomic E-state index is -0.762. The first-order valence-electron chi connectivity index (χ1n) is 30.9. The topological polar surface area (TPSA) is 78.9 Å². The molecule has 0 aromatic rings. The molecule has 0 rings (SSSR count). The maximum absolute atomic E-state index is 12.9. The van der Waals surface area contributed by atoms with Gasteiger partial charge in [0.25, 0.3) is 0 Å². The van der Waals surface area contributed by atoms with Crippen LogP contribution in [0.1, 0.15) is 355 Å². The van der Waals surface area contributed by atoms with E-state index in [-0.39, 0.29) is 31.1 Å². The molecular weight excluding hydrogens is 841 g/mol. The molecule has 1 atom stereocenters. The van der Waals surface area contributed by atoms with Gasteiger partial charge < -0.3 is 14.2 Å². The molecule has 0 radical (unpaired) electrons. The van der Waals surface area contributed by atoms with Crippen LogP contribution in [-0.2, 0) is 28.6 Å². The van der Waals surface area contributed by atoms with E-state index in [4.69, 9.17) is 14.2 Å². The predicted octanol–water partition coefficient (Wildman–Crippen LogP) is 20.6. The largest absolute Gasteiger partial charge is 0.462 e. The lowest BCUT2D eigenvalue weighted by Gasteiger charge is -2.18. The molecule has 0 saturated heterocycles. The lowest BCUT2D eigenvalue weighted by atomic mass is 10.0. The van der Waals surface area contributed by atoms with E-state index >= 15 is 0 Å². The van der Waals surface area contributed by atoms with Crippen LogP contribution in [-0.4, -0.2) is 37.2 Å². The van der Waals surface area contributed by atoms with E-state index in [2.05, 4.69) is 27.7 Å². The van der Waals surface area contributed by atoms with Gasteiger partial charge in [0, 0.05) is 19.3 Å². The van der Waals surface area contributed by atoms with Crippen molar-refractivity contribution < 1.29 is 28.6 Å². The molecule has 0 fully saturated rings. The average Bonchev–Trinajstić information content (AvgIpc) is 3.32. The van der Waals surface area contributed by atoms with Crippen LogP contribution in [0.25, 0.3) is 0 Å². The molecule has 0 aliphatic carbocycles. The van der Waals surface area contributed by atoms with Crippen molar-refractivity contribution >= 4 is 17.9 Å². The summed E-state index contributed by atoms with van der Waals surface area (Å²) in [7, 11) is 0. The van der Waals surface area contributed by atoms with Crippen LogP contribution in [0, 0.1) is 5.92 Å². The van der Waals surface area contributed by atoms with Gasteiger partial charge in [-0.2, -0.15) is 0 Å². The molecular formula is C62H120O6. The van der Waals surface area contributed by atoms with E-state index in [0.29, 0.717) is 19.3 Å². The third-order valence-corrected chi connectivity index (χ3v) is 14.3. The molecule has 404 valence electrons. The van der Waals surface area contributed by atoms with Gasteiger partial charge in [-0.3, -0.25) is 14.4 Å². The lowest BCUT2D eigenvalue weighted by molar-refractivity contribution is -0.167. The van der Waals surface area contributed by atoms with Crippen molar-refractivity contribution in [2.45, 2.75) is 361 Å². The summed E-state index contributed by atoms with van der Waals surface area (Å²) in [6, 6.07) is 0. The van der Waals surface area contributed by atoms with E-state index in [1.807, 2.05) is 0 Å². The lowest BCUT2D eigenvalue weighted by Crippen LogP contribution is -2.30. The van der Waals surface area contributed by atoms with E-state index < -0.39 is 6.10 Å².